The number of furan rings is 1. The van der Waals surface area contributed by atoms with Gasteiger partial charge in [-0.05, 0) is 25.0 Å². The van der Waals surface area contributed by atoms with E-state index in [2.05, 4.69) is 4.98 Å². The smallest absolute Gasteiger partial charge is 0.172 e. The molecule has 0 saturated heterocycles. The predicted octanol–water partition coefficient (Wildman–Crippen LogP) is 3.10. The van der Waals surface area contributed by atoms with Crippen LogP contribution in [0.25, 0.3) is 11.0 Å². The van der Waals surface area contributed by atoms with Crippen LogP contribution in [0.4, 0.5) is 0 Å². The van der Waals surface area contributed by atoms with Crippen LogP contribution in [0.1, 0.15) is 31.2 Å². The number of aromatic nitrogens is 1. The predicted molar refractivity (Wildman–Crippen MR) is 59.0 cm³/mol. The van der Waals surface area contributed by atoms with Crippen LogP contribution in [0, 0.1) is 0 Å². The molecule has 2 heterocycles. The van der Waals surface area contributed by atoms with Gasteiger partial charge in [0.1, 0.15) is 0 Å². The van der Waals surface area contributed by atoms with E-state index in [-0.39, 0.29) is 0 Å². The zero-order valence-electron chi connectivity index (χ0n) is 8.62. The Labute approximate surface area is 92.7 Å². The lowest BCUT2D eigenvalue weighted by molar-refractivity contribution is 0.194. The Morgan fingerprint density at radius 1 is 1.60 bits per heavy atom. The Morgan fingerprint density at radius 2 is 2.33 bits per heavy atom. The van der Waals surface area contributed by atoms with E-state index in [1.54, 1.807) is 13.2 Å². The molecule has 0 spiro atoms. The molecule has 0 radical (unpaired) electrons. The third-order valence-electron chi connectivity index (χ3n) is 2.43. The fraction of sp³-hybridized carbons (Fsp3) is 0.364. The van der Waals surface area contributed by atoms with Crippen LogP contribution in [-0.2, 0) is 6.42 Å². The van der Waals surface area contributed by atoms with Gasteiger partial charge in [0, 0.05) is 5.39 Å². The number of rotatable bonds is 2. The Bertz CT molecular complexity index is 491. The van der Waals surface area contributed by atoms with Crippen molar-refractivity contribution in [3.8, 4) is 0 Å². The number of hydrogen-bond acceptors (Lipinski definition) is 3. The molecule has 1 atom stereocenters. The monoisotopic (exact) mass is 225 g/mol. The molecule has 1 N–H and O–H groups in total. The van der Waals surface area contributed by atoms with Gasteiger partial charge in [0.25, 0.3) is 0 Å². The fourth-order valence-corrected chi connectivity index (χ4v) is 1.80. The molecule has 2 aromatic rings. The number of aliphatic hydroxyl groups is 1. The number of nitrogens with zero attached hydrogens (tertiary/aromatic N) is 1. The van der Waals surface area contributed by atoms with Gasteiger partial charge in [0.05, 0.1) is 18.1 Å². The van der Waals surface area contributed by atoms with Crippen molar-refractivity contribution in [2.75, 3.05) is 0 Å². The Hall–Kier alpha value is -1.06. The highest BCUT2D eigenvalue weighted by atomic mass is 35.5. The van der Waals surface area contributed by atoms with E-state index in [9.17, 15) is 5.11 Å². The highest BCUT2D eigenvalue weighted by molar-refractivity contribution is 6.33. The number of aliphatic hydroxyl groups excluding tert-OH is 1. The molecule has 0 fully saturated rings. The molecular formula is C11H12ClNO2. The summed E-state index contributed by atoms with van der Waals surface area (Å²) in [7, 11) is 0. The number of fused-ring (bicyclic) bond motifs is 1. The molecule has 1 unspecified atom stereocenters. The van der Waals surface area contributed by atoms with Crippen molar-refractivity contribution in [2.24, 2.45) is 0 Å². The lowest BCUT2D eigenvalue weighted by Gasteiger charge is -2.04. The maximum absolute atomic E-state index is 9.46. The van der Waals surface area contributed by atoms with Crippen LogP contribution in [0.3, 0.4) is 0 Å². The first-order valence-electron chi connectivity index (χ1n) is 4.88. The van der Waals surface area contributed by atoms with E-state index >= 15 is 0 Å². The molecule has 0 aliphatic carbocycles. The third kappa shape index (κ3) is 1.73. The zero-order chi connectivity index (χ0) is 11.0. The highest BCUT2D eigenvalue weighted by Crippen LogP contribution is 2.29. The van der Waals surface area contributed by atoms with Crippen molar-refractivity contribution in [3.63, 3.8) is 0 Å². The molecule has 2 aromatic heterocycles. The molecule has 4 heteroatoms. The van der Waals surface area contributed by atoms with Crippen LogP contribution in [0.5, 0.6) is 0 Å². The molecule has 0 amide bonds. The summed E-state index contributed by atoms with van der Waals surface area (Å²) in [6.45, 7) is 3.71. The fourth-order valence-electron chi connectivity index (χ4n) is 1.55. The van der Waals surface area contributed by atoms with E-state index < -0.39 is 6.10 Å². The molecule has 80 valence electrons. The summed E-state index contributed by atoms with van der Waals surface area (Å²) < 4.78 is 5.33. The van der Waals surface area contributed by atoms with Gasteiger partial charge >= 0.3 is 0 Å². The van der Waals surface area contributed by atoms with Gasteiger partial charge in [-0.25, -0.2) is 4.98 Å². The largest absolute Gasteiger partial charge is 0.461 e. The Kier molecular flexibility index (Phi) is 2.67. The van der Waals surface area contributed by atoms with Gasteiger partial charge in [0.2, 0.25) is 0 Å². The normalized spacial score (nSPS) is 13.3. The van der Waals surface area contributed by atoms with Crippen molar-refractivity contribution >= 4 is 22.6 Å². The first-order valence-corrected chi connectivity index (χ1v) is 5.25. The van der Waals surface area contributed by atoms with Crippen LogP contribution in [0.15, 0.2) is 16.7 Å². The van der Waals surface area contributed by atoms with Crippen LogP contribution < -0.4 is 0 Å². The van der Waals surface area contributed by atoms with Crippen LogP contribution >= 0.6 is 11.6 Å². The summed E-state index contributed by atoms with van der Waals surface area (Å²) in [6, 6.07) is 1.83. The first kappa shape index (κ1) is 10.5. The standard InChI is InChI=1S/C11H12ClNO2/c1-3-7-5-15-10-8(7)4-9(6(2)14)13-11(10)12/h4-6,14H,3H2,1-2H3. The van der Waals surface area contributed by atoms with Crippen molar-refractivity contribution < 1.29 is 9.52 Å². The van der Waals surface area contributed by atoms with E-state index in [0.29, 0.717) is 16.4 Å². The number of hydrogen-bond donors (Lipinski definition) is 1. The van der Waals surface area contributed by atoms with Gasteiger partial charge in [-0.2, -0.15) is 0 Å². The minimum atomic E-state index is -0.619. The second-order valence-corrected chi connectivity index (χ2v) is 3.86. The van der Waals surface area contributed by atoms with Crippen molar-refractivity contribution in [2.45, 2.75) is 26.4 Å². The van der Waals surface area contributed by atoms with Gasteiger partial charge in [-0.1, -0.05) is 18.5 Å². The third-order valence-corrected chi connectivity index (χ3v) is 2.68. The summed E-state index contributed by atoms with van der Waals surface area (Å²) >= 11 is 5.96. The van der Waals surface area contributed by atoms with Gasteiger partial charge in [-0.15, -0.1) is 0 Å². The number of aryl methyl sites for hydroxylation is 1. The Morgan fingerprint density at radius 3 is 2.93 bits per heavy atom. The summed E-state index contributed by atoms with van der Waals surface area (Å²) in [5.74, 6) is 0. The summed E-state index contributed by atoms with van der Waals surface area (Å²) in [6.07, 6.45) is 1.93. The van der Waals surface area contributed by atoms with E-state index in [0.717, 1.165) is 17.4 Å². The Balaban J connectivity index is 2.71. The average Bonchev–Trinajstić information content (AvgIpc) is 2.60. The van der Waals surface area contributed by atoms with Crippen molar-refractivity contribution in [1.82, 2.24) is 4.98 Å². The summed E-state index contributed by atoms with van der Waals surface area (Å²) in [5, 5.41) is 10.7. The molecule has 15 heavy (non-hydrogen) atoms. The quantitative estimate of drug-likeness (QED) is 0.799. The molecule has 0 bridgehead atoms. The SMILES string of the molecule is CCc1coc2c(Cl)nc(C(C)O)cc12. The van der Waals surface area contributed by atoms with Crippen molar-refractivity contribution in [1.29, 1.82) is 0 Å². The van der Waals surface area contributed by atoms with E-state index in [4.69, 9.17) is 16.0 Å². The molecule has 0 aliphatic heterocycles. The molecule has 0 aliphatic rings. The van der Waals surface area contributed by atoms with E-state index in [1.807, 2.05) is 13.0 Å². The topological polar surface area (TPSA) is 46.3 Å². The molecular weight excluding hydrogens is 214 g/mol. The average molecular weight is 226 g/mol. The maximum Gasteiger partial charge on any atom is 0.172 e. The summed E-state index contributed by atoms with van der Waals surface area (Å²) in [4.78, 5) is 4.07. The van der Waals surface area contributed by atoms with Crippen LogP contribution in [0.2, 0.25) is 5.15 Å². The zero-order valence-corrected chi connectivity index (χ0v) is 9.38. The first-order chi connectivity index (χ1) is 7.13. The molecule has 2 rings (SSSR count). The minimum Gasteiger partial charge on any atom is -0.461 e. The van der Waals surface area contributed by atoms with Gasteiger partial charge in [0.15, 0.2) is 10.7 Å². The molecule has 3 nitrogen and oxygen atoms in total. The lowest BCUT2D eigenvalue weighted by Crippen LogP contribution is -1.95. The van der Waals surface area contributed by atoms with Crippen LogP contribution in [-0.4, -0.2) is 10.1 Å². The van der Waals surface area contributed by atoms with Gasteiger partial charge < -0.3 is 9.52 Å². The van der Waals surface area contributed by atoms with Crippen molar-refractivity contribution in [3.05, 3.63) is 28.7 Å². The summed E-state index contributed by atoms with van der Waals surface area (Å²) in [5.41, 5.74) is 2.25. The second-order valence-electron chi connectivity index (χ2n) is 3.51. The second kappa shape index (κ2) is 3.83. The maximum atomic E-state index is 9.46. The minimum absolute atomic E-state index is 0.308. The molecule has 0 saturated carbocycles. The highest BCUT2D eigenvalue weighted by Gasteiger charge is 2.13. The van der Waals surface area contributed by atoms with E-state index in [1.165, 1.54) is 0 Å². The lowest BCUT2D eigenvalue weighted by atomic mass is 10.1. The number of halogens is 1. The number of pyridine rings is 1. The molecule has 0 aromatic carbocycles. The van der Waals surface area contributed by atoms with Gasteiger partial charge in [-0.3, -0.25) is 0 Å².